The Balaban J connectivity index is 3.09. The van der Waals surface area contributed by atoms with Crippen molar-refractivity contribution in [1.82, 2.24) is 0 Å². The van der Waals surface area contributed by atoms with Crippen molar-refractivity contribution >= 4 is 17.1 Å². The van der Waals surface area contributed by atoms with Gasteiger partial charge in [0.25, 0.3) is 5.69 Å². The summed E-state index contributed by atoms with van der Waals surface area (Å²) >= 11 is 0. The molecule has 0 aromatic heterocycles. The number of nitrogens with one attached hydrogen (secondary N) is 1. The summed E-state index contributed by atoms with van der Waals surface area (Å²) in [6, 6.07) is 4.10. The van der Waals surface area contributed by atoms with E-state index in [1.54, 1.807) is 0 Å². The molecule has 0 bridgehead atoms. The highest BCUT2D eigenvalue weighted by Gasteiger charge is 2.11. The van der Waals surface area contributed by atoms with Gasteiger partial charge in [0.1, 0.15) is 5.69 Å². The molecule has 0 saturated heterocycles. The molecule has 0 aliphatic rings. The van der Waals surface area contributed by atoms with E-state index in [0.29, 0.717) is 5.69 Å². The van der Waals surface area contributed by atoms with Gasteiger partial charge >= 0.3 is 0 Å². The lowest BCUT2D eigenvalue weighted by Crippen LogP contribution is -2.09. The summed E-state index contributed by atoms with van der Waals surface area (Å²) in [5.74, 6) is 0. The van der Waals surface area contributed by atoms with E-state index < -0.39 is 4.92 Å². The van der Waals surface area contributed by atoms with E-state index >= 15 is 0 Å². The second kappa shape index (κ2) is 4.50. The van der Waals surface area contributed by atoms with E-state index in [0.717, 1.165) is 6.07 Å². The molecule has 0 aliphatic heterocycles. The number of nitro groups is 1. The summed E-state index contributed by atoms with van der Waals surface area (Å²) < 4.78 is 0. The van der Waals surface area contributed by atoms with Gasteiger partial charge in [-0.25, -0.2) is 0 Å². The van der Waals surface area contributed by atoms with Crippen LogP contribution in [-0.4, -0.2) is 11.0 Å². The van der Waals surface area contributed by atoms with Crippen LogP contribution in [0.4, 0.5) is 17.1 Å². The van der Waals surface area contributed by atoms with Crippen molar-refractivity contribution < 1.29 is 4.92 Å². The van der Waals surface area contributed by atoms with E-state index in [9.17, 15) is 15.0 Å². The number of rotatable bonds is 4. The van der Waals surface area contributed by atoms with Crippen LogP contribution in [0.15, 0.2) is 23.4 Å². The van der Waals surface area contributed by atoms with Crippen LogP contribution in [0.25, 0.3) is 0 Å². The van der Waals surface area contributed by atoms with Crippen molar-refractivity contribution in [2.45, 2.75) is 19.9 Å². The van der Waals surface area contributed by atoms with Crippen molar-refractivity contribution in [3.63, 3.8) is 0 Å². The van der Waals surface area contributed by atoms with Gasteiger partial charge in [-0.1, -0.05) is 0 Å². The molecule has 1 aromatic carbocycles. The monoisotopic (exact) mass is 209 g/mol. The lowest BCUT2D eigenvalue weighted by atomic mass is 10.2. The minimum absolute atomic E-state index is 0.0536. The van der Waals surface area contributed by atoms with Crippen molar-refractivity contribution in [2.24, 2.45) is 5.18 Å². The first-order chi connectivity index (χ1) is 7.04. The number of hydrogen-bond acceptors (Lipinski definition) is 5. The molecule has 0 fully saturated rings. The molecule has 0 amide bonds. The Bertz CT molecular complexity index is 390. The van der Waals surface area contributed by atoms with Crippen LogP contribution >= 0.6 is 0 Å². The van der Waals surface area contributed by atoms with Gasteiger partial charge in [-0.15, -0.1) is 4.91 Å². The molecule has 0 heterocycles. The summed E-state index contributed by atoms with van der Waals surface area (Å²) in [7, 11) is 0. The Hall–Kier alpha value is -1.98. The van der Waals surface area contributed by atoms with E-state index in [-0.39, 0.29) is 17.4 Å². The summed E-state index contributed by atoms with van der Waals surface area (Å²) in [6.07, 6.45) is 0. The fourth-order valence-corrected chi connectivity index (χ4v) is 1.14. The zero-order valence-corrected chi connectivity index (χ0v) is 8.43. The first-order valence-corrected chi connectivity index (χ1v) is 4.43. The predicted octanol–water partition coefficient (Wildman–Crippen LogP) is 2.81. The van der Waals surface area contributed by atoms with Gasteiger partial charge in [0, 0.05) is 18.2 Å². The molecule has 0 saturated carbocycles. The Labute approximate surface area is 86.4 Å². The highest BCUT2D eigenvalue weighted by atomic mass is 16.6. The van der Waals surface area contributed by atoms with Crippen LogP contribution in [-0.2, 0) is 0 Å². The smallest absolute Gasteiger partial charge is 0.271 e. The third kappa shape index (κ3) is 2.73. The fraction of sp³-hybridized carbons (Fsp3) is 0.333. The topological polar surface area (TPSA) is 84.6 Å². The van der Waals surface area contributed by atoms with Crippen LogP contribution in [0.2, 0.25) is 0 Å². The highest BCUT2D eigenvalue weighted by molar-refractivity contribution is 5.68. The van der Waals surface area contributed by atoms with E-state index in [1.165, 1.54) is 12.1 Å². The number of nitrogens with zero attached hydrogens (tertiary/aromatic N) is 2. The number of hydrogen-bond donors (Lipinski definition) is 1. The van der Waals surface area contributed by atoms with Crippen LogP contribution in [0.5, 0.6) is 0 Å². The molecule has 0 spiro atoms. The average molecular weight is 209 g/mol. The fourth-order valence-electron chi connectivity index (χ4n) is 1.14. The van der Waals surface area contributed by atoms with E-state index in [4.69, 9.17) is 0 Å². The van der Waals surface area contributed by atoms with Crippen LogP contribution in [0.1, 0.15) is 13.8 Å². The molecule has 6 nitrogen and oxygen atoms in total. The third-order valence-electron chi connectivity index (χ3n) is 1.73. The number of nitroso groups, excluding NO2 is 1. The van der Waals surface area contributed by atoms with Gasteiger partial charge in [-0.2, -0.15) is 0 Å². The van der Waals surface area contributed by atoms with Gasteiger partial charge in [0.05, 0.1) is 10.6 Å². The molecule has 0 unspecified atom stereocenters. The molecule has 1 N–H and O–H groups in total. The maximum atomic E-state index is 10.5. The molecule has 15 heavy (non-hydrogen) atoms. The van der Waals surface area contributed by atoms with Crippen molar-refractivity contribution in [1.29, 1.82) is 0 Å². The Morgan fingerprint density at radius 2 is 2.13 bits per heavy atom. The zero-order chi connectivity index (χ0) is 11.4. The van der Waals surface area contributed by atoms with Crippen molar-refractivity contribution in [3.8, 4) is 0 Å². The average Bonchev–Trinajstić information content (AvgIpc) is 2.17. The lowest BCUT2D eigenvalue weighted by molar-refractivity contribution is -0.384. The second-order valence-electron chi connectivity index (χ2n) is 3.35. The van der Waals surface area contributed by atoms with E-state index in [2.05, 4.69) is 10.5 Å². The maximum absolute atomic E-state index is 10.5. The van der Waals surface area contributed by atoms with Crippen LogP contribution in [0, 0.1) is 15.0 Å². The first-order valence-electron chi connectivity index (χ1n) is 4.43. The Morgan fingerprint density at radius 1 is 1.47 bits per heavy atom. The SMILES string of the molecule is CC(C)Nc1ccc([N+](=O)[O-])cc1N=O. The summed E-state index contributed by atoms with van der Waals surface area (Å²) in [6.45, 7) is 3.80. The summed E-state index contributed by atoms with van der Waals surface area (Å²) in [5, 5.41) is 16.2. The highest BCUT2D eigenvalue weighted by Crippen LogP contribution is 2.29. The van der Waals surface area contributed by atoms with E-state index in [1.807, 2.05) is 13.8 Å². The van der Waals surface area contributed by atoms with Crippen LogP contribution < -0.4 is 5.32 Å². The minimum Gasteiger partial charge on any atom is -0.381 e. The Morgan fingerprint density at radius 3 is 2.60 bits per heavy atom. The largest absolute Gasteiger partial charge is 0.381 e. The third-order valence-corrected chi connectivity index (χ3v) is 1.73. The Kier molecular flexibility index (Phi) is 3.33. The predicted molar refractivity (Wildman–Crippen MR) is 57.3 cm³/mol. The van der Waals surface area contributed by atoms with Crippen molar-refractivity contribution in [3.05, 3.63) is 33.2 Å². The molecular formula is C9H11N3O3. The van der Waals surface area contributed by atoms with Gasteiger partial charge in [-0.05, 0) is 25.1 Å². The molecular weight excluding hydrogens is 198 g/mol. The molecule has 0 aliphatic carbocycles. The standard InChI is InChI=1S/C9H11N3O3/c1-6(2)10-8-4-3-7(12(14)15)5-9(8)11-13/h3-6,10H,1-2H3. The summed E-state index contributed by atoms with van der Waals surface area (Å²) in [4.78, 5) is 20.4. The van der Waals surface area contributed by atoms with Crippen molar-refractivity contribution in [2.75, 3.05) is 5.32 Å². The second-order valence-corrected chi connectivity index (χ2v) is 3.35. The van der Waals surface area contributed by atoms with Gasteiger partial charge in [-0.3, -0.25) is 10.1 Å². The van der Waals surface area contributed by atoms with Gasteiger partial charge < -0.3 is 5.32 Å². The lowest BCUT2D eigenvalue weighted by Gasteiger charge is -2.10. The van der Waals surface area contributed by atoms with Gasteiger partial charge in [0.2, 0.25) is 0 Å². The summed E-state index contributed by atoms with van der Waals surface area (Å²) in [5.41, 5.74) is 0.419. The normalized spacial score (nSPS) is 10.1. The maximum Gasteiger partial charge on any atom is 0.271 e. The zero-order valence-electron chi connectivity index (χ0n) is 8.43. The number of nitro benzene ring substituents is 1. The van der Waals surface area contributed by atoms with Crippen LogP contribution in [0.3, 0.4) is 0 Å². The van der Waals surface area contributed by atoms with Gasteiger partial charge in [0.15, 0.2) is 0 Å². The molecule has 1 aromatic rings. The molecule has 80 valence electrons. The first kappa shape index (κ1) is 11.1. The molecule has 0 radical (unpaired) electrons. The number of benzene rings is 1. The number of non-ortho nitro benzene ring substituents is 1. The molecule has 6 heteroatoms. The molecule has 0 atom stereocenters. The quantitative estimate of drug-likeness (QED) is 0.469. The number of anilines is 1. The minimum atomic E-state index is -0.562. The molecule has 1 rings (SSSR count).